The Balaban J connectivity index is 1.60. The molecule has 1 saturated heterocycles. The Labute approximate surface area is 206 Å². The highest BCUT2D eigenvalue weighted by Gasteiger charge is 2.49. The van der Waals surface area contributed by atoms with Crippen LogP contribution in [0.5, 0.6) is 28.7 Å². The monoisotopic (exact) mass is 483 g/mol. The van der Waals surface area contributed by atoms with Gasteiger partial charge in [-0.2, -0.15) is 0 Å². The molecule has 0 saturated carbocycles. The molecule has 188 valence electrons. The first-order chi connectivity index (χ1) is 16.9. The van der Waals surface area contributed by atoms with Gasteiger partial charge in [0.05, 0.1) is 41.1 Å². The van der Waals surface area contributed by atoms with Gasteiger partial charge in [-0.15, -0.1) is 0 Å². The van der Waals surface area contributed by atoms with Gasteiger partial charge < -0.3 is 33.3 Å². The van der Waals surface area contributed by atoms with Gasteiger partial charge in [0.15, 0.2) is 23.0 Å². The molecule has 0 unspecified atom stereocenters. The maximum Gasteiger partial charge on any atom is 0.343 e. The van der Waals surface area contributed by atoms with Crippen LogP contribution < -0.4 is 23.7 Å². The van der Waals surface area contributed by atoms with E-state index in [4.69, 9.17) is 28.4 Å². The normalized spacial score (nSPS) is 21.5. The topological polar surface area (TPSA) is 75.7 Å². The molecule has 2 atom stereocenters. The zero-order valence-corrected chi connectivity index (χ0v) is 21.2. The number of carbonyl (C=O) groups excluding carboxylic acids is 1. The Kier molecular flexibility index (Phi) is 7.12. The Morgan fingerprint density at radius 1 is 0.886 bits per heavy atom. The van der Waals surface area contributed by atoms with Crippen molar-refractivity contribution in [3.8, 4) is 28.7 Å². The van der Waals surface area contributed by atoms with Crippen molar-refractivity contribution in [3.63, 3.8) is 0 Å². The van der Waals surface area contributed by atoms with E-state index < -0.39 is 5.97 Å². The lowest BCUT2D eigenvalue weighted by Gasteiger charge is -2.40. The molecule has 35 heavy (non-hydrogen) atoms. The molecule has 1 heterocycles. The van der Waals surface area contributed by atoms with E-state index in [1.165, 1.54) is 26.9 Å². The predicted molar refractivity (Wildman–Crippen MR) is 131 cm³/mol. The van der Waals surface area contributed by atoms with Gasteiger partial charge in [-0.05, 0) is 62.3 Å². The number of likely N-dealkylation sites (tertiary alicyclic amines) is 1. The van der Waals surface area contributed by atoms with E-state index in [1.807, 2.05) is 12.1 Å². The summed E-state index contributed by atoms with van der Waals surface area (Å²) in [5.41, 5.74) is 1.45. The maximum atomic E-state index is 13.1. The molecule has 4 rings (SSSR count). The highest BCUT2D eigenvalue weighted by atomic mass is 16.5. The van der Waals surface area contributed by atoms with Gasteiger partial charge in [-0.1, -0.05) is 6.07 Å². The van der Waals surface area contributed by atoms with Gasteiger partial charge in [0, 0.05) is 17.9 Å². The smallest absolute Gasteiger partial charge is 0.343 e. The third-order valence-corrected chi connectivity index (χ3v) is 7.25. The lowest BCUT2D eigenvalue weighted by atomic mass is 9.68. The summed E-state index contributed by atoms with van der Waals surface area (Å²) in [7, 11) is 9.96. The van der Waals surface area contributed by atoms with Gasteiger partial charge in [-0.3, -0.25) is 0 Å². The van der Waals surface area contributed by atoms with Crippen LogP contribution in [0.15, 0.2) is 42.2 Å². The zero-order valence-electron chi connectivity index (χ0n) is 21.2. The Morgan fingerprint density at radius 3 is 2.14 bits per heavy atom. The van der Waals surface area contributed by atoms with E-state index in [2.05, 4.69) is 24.1 Å². The highest BCUT2D eigenvalue weighted by molar-refractivity contribution is 5.92. The highest BCUT2D eigenvalue weighted by Crippen LogP contribution is 2.49. The molecule has 0 radical (unpaired) electrons. The summed E-state index contributed by atoms with van der Waals surface area (Å²) in [6.07, 6.45) is 4.44. The van der Waals surface area contributed by atoms with Crippen LogP contribution in [-0.2, 0) is 10.2 Å². The maximum absolute atomic E-state index is 13.1. The number of rotatable bonds is 8. The predicted octanol–water partition coefficient (Wildman–Crippen LogP) is 4.21. The summed E-state index contributed by atoms with van der Waals surface area (Å²) < 4.78 is 33.0. The quantitative estimate of drug-likeness (QED) is 0.517. The lowest BCUT2D eigenvalue weighted by molar-refractivity contribution is 0.0578. The number of allylic oxidation sites excluding steroid dienone is 1. The Hall–Kier alpha value is -3.39. The van der Waals surface area contributed by atoms with Crippen LogP contribution in [0.4, 0.5) is 0 Å². The molecule has 0 N–H and O–H groups in total. The van der Waals surface area contributed by atoms with E-state index >= 15 is 0 Å². The summed E-state index contributed by atoms with van der Waals surface area (Å²) in [5, 5.41) is 0. The van der Waals surface area contributed by atoms with Crippen molar-refractivity contribution in [2.24, 2.45) is 0 Å². The molecule has 8 heteroatoms. The molecule has 2 aromatic carbocycles. The van der Waals surface area contributed by atoms with Crippen LogP contribution in [0, 0.1) is 0 Å². The number of carbonyl (C=O) groups is 1. The van der Waals surface area contributed by atoms with Crippen LogP contribution >= 0.6 is 0 Å². The molecule has 2 aromatic rings. The Bertz CT molecular complexity index is 1100. The van der Waals surface area contributed by atoms with E-state index in [0.717, 1.165) is 25.1 Å². The third-order valence-electron chi connectivity index (χ3n) is 7.25. The van der Waals surface area contributed by atoms with Crippen LogP contribution in [0.3, 0.4) is 0 Å². The number of ether oxygens (including phenoxy) is 6. The second-order valence-corrected chi connectivity index (χ2v) is 8.85. The van der Waals surface area contributed by atoms with E-state index in [1.54, 1.807) is 26.4 Å². The SMILES string of the molecule is COc1ccc([C@@]23CC=C(OC(=O)c4cc(OC)c(OC)c(OC)c4)C[C@@H]2N(C)CC3)cc1OC. The van der Waals surface area contributed by atoms with Crippen molar-refractivity contribution >= 4 is 5.97 Å². The summed E-state index contributed by atoms with van der Waals surface area (Å²) in [5.74, 6) is 2.86. The summed E-state index contributed by atoms with van der Waals surface area (Å²) in [6.45, 7) is 0.959. The molecule has 1 aliphatic carbocycles. The minimum absolute atomic E-state index is 0.0865. The molecule has 0 amide bonds. The Morgan fingerprint density at radius 2 is 1.54 bits per heavy atom. The van der Waals surface area contributed by atoms with Gasteiger partial charge in [-0.25, -0.2) is 4.79 Å². The van der Waals surface area contributed by atoms with Crippen molar-refractivity contribution < 1.29 is 33.2 Å². The average Bonchev–Trinajstić information content (AvgIpc) is 3.23. The first kappa shape index (κ1) is 24.7. The standard InChI is InChI=1S/C27H33NO7/c1-28-12-11-27(18-7-8-20(30-2)21(15-18)31-3)10-9-19(16-24(27)28)35-26(29)17-13-22(32-4)25(34-6)23(14-17)33-5/h7-9,13-15,24H,10-12,16H2,1-6H3/t24-,27-/m0/s1. The van der Waals surface area contributed by atoms with Crippen LogP contribution in [0.25, 0.3) is 0 Å². The third kappa shape index (κ3) is 4.38. The lowest BCUT2D eigenvalue weighted by Crippen LogP contribution is -2.43. The fourth-order valence-electron chi connectivity index (χ4n) is 5.34. The molecule has 2 aliphatic rings. The number of fused-ring (bicyclic) bond motifs is 1. The molecule has 8 nitrogen and oxygen atoms in total. The number of likely N-dealkylation sites (N-methyl/N-ethyl adjacent to an activating group) is 1. The second kappa shape index (κ2) is 10.1. The van der Waals surface area contributed by atoms with Crippen LogP contribution in [0.1, 0.15) is 35.2 Å². The summed E-state index contributed by atoms with van der Waals surface area (Å²) in [4.78, 5) is 15.4. The average molecular weight is 484 g/mol. The molecule has 1 aliphatic heterocycles. The molecule has 0 aromatic heterocycles. The summed E-state index contributed by atoms with van der Waals surface area (Å²) >= 11 is 0. The van der Waals surface area contributed by atoms with Gasteiger partial charge in [0.1, 0.15) is 5.76 Å². The molecule has 1 fully saturated rings. The number of benzene rings is 2. The molecule has 0 spiro atoms. The van der Waals surface area contributed by atoms with Gasteiger partial charge in [0.25, 0.3) is 0 Å². The van der Waals surface area contributed by atoms with E-state index in [-0.39, 0.29) is 11.5 Å². The number of nitrogens with zero attached hydrogens (tertiary/aromatic N) is 1. The zero-order chi connectivity index (χ0) is 25.2. The van der Waals surface area contributed by atoms with Crippen molar-refractivity contribution in [1.29, 1.82) is 0 Å². The molecular formula is C27H33NO7. The largest absolute Gasteiger partial charge is 0.493 e. The van der Waals surface area contributed by atoms with Crippen LogP contribution in [0.2, 0.25) is 0 Å². The minimum atomic E-state index is -0.463. The van der Waals surface area contributed by atoms with Crippen LogP contribution in [-0.4, -0.2) is 66.1 Å². The minimum Gasteiger partial charge on any atom is -0.493 e. The fraction of sp³-hybridized carbons (Fsp3) is 0.444. The number of methoxy groups -OCH3 is 5. The summed E-state index contributed by atoms with van der Waals surface area (Å²) in [6, 6.07) is 9.54. The van der Waals surface area contributed by atoms with Crippen molar-refractivity contribution in [2.45, 2.75) is 30.7 Å². The van der Waals surface area contributed by atoms with Crippen molar-refractivity contribution in [1.82, 2.24) is 4.90 Å². The van der Waals surface area contributed by atoms with Gasteiger partial charge in [0.2, 0.25) is 5.75 Å². The number of esters is 1. The van der Waals surface area contributed by atoms with E-state index in [0.29, 0.717) is 40.7 Å². The number of hydrogen-bond acceptors (Lipinski definition) is 8. The molecule has 0 bridgehead atoms. The first-order valence-electron chi connectivity index (χ1n) is 11.5. The molecular weight excluding hydrogens is 450 g/mol. The number of hydrogen-bond donors (Lipinski definition) is 0. The van der Waals surface area contributed by atoms with Crippen molar-refractivity contribution in [2.75, 3.05) is 49.1 Å². The van der Waals surface area contributed by atoms with E-state index in [9.17, 15) is 4.79 Å². The first-order valence-corrected chi connectivity index (χ1v) is 11.5. The second-order valence-electron chi connectivity index (χ2n) is 8.85. The fourth-order valence-corrected chi connectivity index (χ4v) is 5.34. The van der Waals surface area contributed by atoms with Crippen molar-refractivity contribution in [3.05, 3.63) is 53.3 Å². The van der Waals surface area contributed by atoms with Gasteiger partial charge >= 0.3 is 5.97 Å².